The maximum absolute atomic E-state index is 13.0. The zero-order chi connectivity index (χ0) is 65.4. The van der Waals surface area contributed by atoms with Gasteiger partial charge in [0.2, 0.25) is 12.1 Å². The zero-order valence-electron chi connectivity index (χ0n) is 49.7. The van der Waals surface area contributed by atoms with E-state index in [0.717, 1.165) is 96.9 Å². The summed E-state index contributed by atoms with van der Waals surface area (Å²) in [4.78, 5) is 178. The highest BCUT2D eigenvalue weighted by Crippen LogP contribution is 2.42. The van der Waals surface area contributed by atoms with Crippen molar-refractivity contribution in [2.75, 3.05) is 33.0 Å². The van der Waals surface area contributed by atoms with Crippen LogP contribution in [-0.2, 0) is 167 Å². The maximum atomic E-state index is 13.0. The van der Waals surface area contributed by atoms with Gasteiger partial charge >= 0.3 is 83.6 Å². The maximum Gasteiger partial charge on any atom is 0.303 e. The molecule has 0 radical (unpaired) electrons. The smallest absolute Gasteiger partial charge is 0.303 e. The molecule has 0 aromatic heterocycles. The molecule has 87 heavy (non-hydrogen) atoms. The van der Waals surface area contributed by atoms with E-state index in [1.54, 1.807) is 0 Å². The Morgan fingerprint density at radius 3 is 0.862 bits per heavy atom. The Labute approximate surface area is 495 Å². The van der Waals surface area contributed by atoms with Gasteiger partial charge in [-0.2, -0.15) is 0 Å². The first-order valence-electron chi connectivity index (χ1n) is 26.5. The molecule has 0 spiro atoms. The first-order chi connectivity index (χ1) is 40.6. The summed E-state index contributed by atoms with van der Waals surface area (Å²) in [5, 5.41) is 0. The number of carbonyl (C=O) groups is 14. The van der Waals surface area contributed by atoms with Gasteiger partial charge in [0, 0.05) is 96.9 Å². The molecule has 0 aromatic rings. The number of rotatable bonds is 25. The minimum absolute atomic E-state index is 0.690. The fourth-order valence-corrected chi connectivity index (χ4v) is 9.38. The largest absolute Gasteiger partial charge is 0.463 e. The number of hydrogen-bond donors (Lipinski definition) is 0. The van der Waals surface area contributed by atoms with Crippen LogP contribution in [0.15, 0.2) is 0 Å². The van der Waals surface area contributed by atoms with Crippen LogP contribution in [0.25, 0.3) is 0 Å². The van der Waals surface area contributed by atoms with Gasteiger partial charge in [-0.05, 0) is 0 Å². The molecule has 4 fully saturated rings. The first-order valence-corrected chi connectivity index (χ1v) is 26.5. The van der Waals surface area contributed by atoms with Crippen LogP contribution >= 0.6 is 0 Å². The zero-order valence-corrected chi connectivity index (χ0v) is 49.7. The average Bonchev–Trinajstić information content (AvgIpc) is 2.07. The molecule has 4 aliphatic heterocycles. The van der Waals surface area contributed by atoms with Gasteiger partial charge < -0.3 is 99.5 Å². The molecule has 4 aliphatic rings. The topological polar surface area (TPSA) is 433 Å². The highest BCUT2D eigenvalue weighted by atomic mass is 16.8. The summed E-state index contributed by atoms with van der Waals surface area (Å²) in [7, 11) is 0. The average molecular weight is 1260 g/mol. The molecule has 35 nitrogen and oxygen atoms in total. The quantitative estimate of drug-likeness (QED) is 0.0722. The summed E-state index contributed by atoms with van der Waals surface area (Å²) in [5.41, 5.74) is 0. The summed E-state index contributed by atoms with van der Waals surface area (Å²) in [6.45, 7) is 8.70. The Hall–Kier alpha value is -7.70. The molecule has 0 aliphatic carbocycles. The van der Waals surface area contributed by atoms with Gasteiger partial charge in [0.1, 0.15) is 44.2 Å². The summed E-state index contributed by atoms with van der Waals surface area (Å²) >= 11 is 0. The third kappa shape index (κ3) is 21.3. The van der Waals surface area contributed by atoms with Crippen LogP contribution in [0.3, 0.4) is 0 Å². The molecule has 0 unspecified atom stereocenters. The van der Waals surface area contributed by atoms with Crippen LogP contribution in [0.2, 0.25) is 0 Å². The number of ether oxygens (including phenoxy) is 21. The number of carbonyl (C=O) groups excluding carboxylic acids is 14. The van der Waals surface area contributed by atoms with Gasteiger partial charge in [-0.25, -0.2) is 0 Å². The Kier molecular flexibility index (Phi) is 26.7. The molecule has 35 heteroatoms. The van der Waals surface area contributed by atoms with E-state index in [0.29, 0.717) is 0 Å². The van der Waals surface area contributed by atoms with Crippen LogP contribution in [0.4, 0.5) is 0 Å². The first kappa shape index (κ1) is 71.8. The molecule has 4 rings (SSSR count). The minimum atomic E-state index is -2.76. The Morgan fingerprint density at radius 1 is 0.276 bits per heavy atom. The third-order valence-corrected chi connectivity index (χ3v) is 12.1. The van der Waals surface area contributed by atoms with Gasteiger partial charge in [-0.3, -0.25) is 67.1 Å². The van der Waals surface area contributed by atoms with Crippen molar-refractivity contribution in [3.8, 4) is 0 Å². The van der Waals surface area contributed by atoms with Crippen LogP contribution in [-0.4, -0.2) is 233 Å². The molecule has 0 aromatic carbocycles. The fraction of sp³-hybridized carbons (Fsp3) is 0.731. The van der Waals surface area contributed by atoms with Crippen LogP contribution in [0, 0.1) is 0 Å². The second kappa shape index (κ2) is 32.3. The SMILES string of the molecule is CC(=O)OC[C@H]1O[C@H](OC[C@H]2O[C@H](OC[C@H]3O[C@H](O[C@]4(COC(C)=O)O[C@H](COC(C)=O)[C@@H](OC(C)=O)[C@@H]4OC(C)=O)[C@H](OC(C)=O)[C@@H](OC(C)=O)[C@@H]3OC(C)=O)[C@H](OC(C)=O)[C@@H](OC(C)=O)[C@H]2OC(C)=O)[C@H](OC(C)=O)[C@@H](OC(C)=O)[C@H]1OC(C)=O. The van der Waals surface area contributed by atoms with E-state index in [2.05, 4.69) is 0 Å². The minimum Gasteiger partial charge on any atom is -0.463 e. The van der Waals surface area contributed by atoms with E-state index >= 15 is 0 Å². The van der Waals surface area contributed by atoms with Crippen LogP contribution in [0.1, 0.15) is 96.9 Å². The van der Waals surface area contributed by atoms with Crippen LogP contribution in [0.5, 0.6) is 0 Å². The van der Waals surface area contributed by atoms with Crippen molar-refractivity contribution >= 4 is 83.6 Å². The third-order valence-electron chi connectivity index (χ3n) is 12.1. The van der Waals surface area contributed by atoms with Crippen molar-refractivity contribution in [1.29, 1.82) is 0 Å². The van der Waals surface area contributed by atoms with Crippen molar-refractivity contribution < 1.29 is 167 Å². The predicted octanol–water partition coefficient (Wildman–Crippen LogP) is -1.76. The molecule has 4 heterocycles. The monoisotopic (exact) mass is 1250 g/mol. The Morgan fingerprint density at radius 2 is 0.540 bits per heavy atom. The highest BCUT2D eigenvalue weighted by Gasteiger charge is 2.65. The lowest BCUT2D eigenvalue weighted by Gasteiger charge is -2.48. The molecule has 0 N–H and O–H groups in total. The van der Waals surface area contributed by atoms with E-state index in [1.807, 2.05) is 0 Å². The lowest BCUT2D eigenvalue weighted by molar-refractivity contribution is -0.389. The van der Waals surface area contributed by atoms with Crippen molar-refractivity contribution in [3.63, 3.8) is 0 Å². The standard InChI is InChI=1S/C52H70O35/c1-20(53)67-15-34-38(72-23(4)56)42(76-27(8)60)45(79-30(11)63)49(83-34)69-16-35-39(73-24(5)57)43(77-28(9)61)46(80-31(12)64)50(84-35)70-17-36-40(74-25(6)58)44(78-29(10)62)47(81-32(13)65)51(85-36)87-52(19-71-22(3)55)48(82-33(14)66)41(75-26(7)59)37(86-52)18-68-21(2)54/h34-51H,15-19H2,1-14H3/t34-,35-,36-,37-,38+,39+,40-,41-,42+,43+,44+,45-,46-,47-,48+,49+,50+,51-,52+/m1/s1. The lowest BCUT2D eigenvalue weighted by Crippen LogP contribution is -2.66. The Balaban J connectivity index is 1.93. The molecule has 4 saturated heterocycles. The molecule has 0 saturated carbocycles. The molecular formula is C52H70O35. The van der Waals surface area contributed by atoms with Gasteiger partial charge in [-0.1, -0.05) is 0 Å². The van der Waals surface area contributed by atoms with Gasteiger partial charge in [0.05, 0.1) is 13.2 Å². The lowest BCUT2D eigenvalue weighted by atomic mass is 9.96. The molecule has 488 valence electrons. The van der Waals surface area contributed by atoms with Crippen LogP contribution < -0.4 is 0 Å². The summed E-state index contributed by atoms with van der Waals surface area (Å²) in [5.74, 6) is -17.2. The van der Waals surface area contributed by atoms with Crippen molar-refractivity contribution in [2.24, 2.45) is 0 Å². The highest BCUT2D eigenvalue weighted by molar-refractivity contribution is 5.72. The fourth-order valence-electron chi connectivity index (χ4n) is 9.38. The van der Waals surface area contributed by atoms with E-state index < -0.39 is 233 Å². The van der Waals surface area contributed by atoms with Gasteiger partial charge in [0.15, 0.2) is 79.7 Å². The van der Waals surface area contributed by atoms with Crippen molar-refractivity contribution in [2.45, 2.75) is 213 Å². The van der Waals surface area contributed by atoms with Gasteiger partial charge in [0.25, 0.3) is 0 Å². The number of hydrogen-bond acceptors (Lipinski definition) is 35. The molecular weight excluding hydrogens is 1180 g/mol. The van der Waals surface area contributed by atoms with E-state index in [9.17, 15) is 67.1 Å². The second-order valence-electron chi connectivity index (χ2n) is 19.5. The van der Waals surface area contributed by atoms with Gasteiger partial charge in [-0.15, -0.1) is 0 Å². The normalized spacial score (nSPS) is 31.7. The van der Waals surface area contributed by atoms with E-state index in [-0.39, 0.29) is 0 Å². The predicted molar refractivity (Wildman–Crippen MR) is 268 cm³/mol. The molecule has 0 bridgehead atoms. The molecule has 0 amide bonds. The summed E-state index contributed by atoms with van der Waals surface area (Å²) in [6, 6.07) is 0. The van der Waals surface area contributed by atoms with E-state index in [4.69, 9.17) is 99.5 Å². The molecule has 19 atom stereocenters. The summed E-state index contributed by atoms with van der Waals surface area (Å²) < 4.78 is 121. The van der Waals surface area contributed by atoms with Crippen molar-refractivity contribution in [3.05, 3.63) is 0 Å². The van der Waals surface area contributed by atoms with Crippen molar-refractivity contribution in [1.82, 2.24) is 0 Å². The second-order valence-corrected chi connectivity index (χ2v) is 19.5. The summed E-state index contributed by atoms with van der Waals surface area (Å²) in [6.07, 6.45) is -34.0. The Bertz CT molecular complexity index is 2550. The van der Waals surface area contributed by atoms with E-state index in [1.165, 1.54) is 0 Å². The number of esters is 14.